The number of rotatable bonds is 11. The van der Waals surface area contributed by atoms with Crippen LogP contribution in [-0.2, 0) is 16.0 Å². The molecule has 1 aromatic carbocycles. The summed E-state index contributed by atoms with van der Waals surface area (Å²) in [5.74, 6) is 0.511. The van der Waals surface area contributed by atoms with E-state index in [2.05, 4.69) is 40.3 Å². The molecular weight excluding hydrogens is 376 g/mol. The number of nitrogens with one attached hydrogen (secondary N) is 1. The number of carbonyl (C=O) groups excluding carboxylic acids is 1. The van der Waals surface area contributed by atoms with Crippen molar-refractivity contribution >= 4 is 34.3 Å². The molecule has 1 N–H and O–H groups in total. The molecule has 0 saturated carbocycles. The highest BCUT2D eigenvalue weighted by atomic mass is 32.1. The molecule has 0 radical (unpaired) electrons. The lowest BCUT2D eigenvalue weighted by atomic mass is 10.2. The maximum Gasteiger partial charge on any atom is 0.311 e. The Morgan fingerprint density at radius 3 is 2.71 bits per heavy atom. The third-order valence-electron chi connectivity index (χ3n) is 3.97. The number of aromatic nitrogens is 1. The first-order chi connectivity index (χ1) is 13.6. The topological polar surface area (TPSA) is 76.0 Å². The summed E-state index contributed by atoms with van der Waals surface area (Å²) in [6.45, 7) is 10.8. The predicted octanol–water partition coefficient (Wildman–Crippen LogP) is 3.94. The smallest absolute Gasteiger partial charge is 0.311 e. The van der Waals surface area contributed by atoms with Gasteiger partial charge in [-0.1, -0.05) is 0 Å². The Hall–Kier alpha value is -2.61. The molecule has 1 heterocycles. The van der Waals surface area contributed by atoms with Crippen LogP contribution in [0, 0.1) is 0 Å². The van der Waals surface area contributed by atoms with Gasteiger partial charge in [0.1, 0.15) is 5.75 Å². The minimum Gasteiger partial charge on any atom is -0.493 e. The second-order valence-electron chi connectivity index (χ2n) is 5.82. The molecule has 0 atom stereocenters. The van der Waals surface area contributed by atoms with Crippen molar-refractivity contribution in [1.82, 2.24) is 4.98 Å². The van der Waals surface area contributed by atoms with Gasteiger partial charge in [0.25, 0.3) is 0 Å². The first-order valence-electron chi connectivity index (χ1n) is 9.52. The number of anilines is 2. The van der Waals surface area contributed by atoms with E-state index in [9.17, 15) is 4.79 Å². The molecule has 2 aromatic rings. The Labute approximate surface area is 170 Å². The second-order valence-corrected chi connectivity index (χ2v) is 6.68. The standard InChI is InChI=1S/C20H28N4O3S/c1-5-24(6-2)17-10-9-15(18(12-17)26-7-3)13-21-23-20-22-16(14-28-20)11-19(25)27-8-4/h9-10,12-14H,5-8,11H2,1-4H3,(H,22,23). The maximum absolute atomic E-state index is 11.5. The Morgan fingerprint density at radius 2 is 2.04 bits per heavy atom. The molecule has 152 valence electrons. The summed E-state index contributed by atoms with van der Waals surface area (Å²) in [5, 5.41) is 6.70. The van der Waals surface area contributed by atoms with Gasteiger partial charge in [-0.3, -0.25) is 10.2 Å². The lowest BCUT2D eigenvalue weighted by molar-refractivity contribution is -0.142. The predicted molar refractivity (Wildman–Crippen MR) is 115 cm³/mol. The Balaban J connectivity index is 2.05. The molecule has 0 aliphatic carbocycles. The van der Waals surface area contributed by atoms with Crippen molar-refractivity contribution in [3.05, 3.63) is 34.8 Å². The second kappa shape index (κ2) is 11.3. The molecule has 0 aliphatic heterocycles. The summed E-state index contributed by atoms with van der Waals surface area (Å²) < 4.78 is 10.7. The van der Waals surface area contributed by atoms with Crippen LogP contribution >= 0.6 is 11.3 Å². The summed E-state index contributed by atoms with van der Waals surface area (Å²) in [4.78, 5) is 18.1. The summed E-state index contributed by atoms with van der Waals surface area (Å²) >= 11 is 1.39. The van der Waals surface area contributed by atoms with Crippen LogP contribution in [0.2, 0.25) is 0 Å². The molecule has 28 heavy (non-hydrogen) atoms. The number of hydrogen-bond donors (Lipinski definition) is 1. The van der Waals surface area contributed by atoms with Crippen molar-refractivity contribution in [2.75, 3.05) is 36.6 Å². The SMILES string of the molecule is CCOC(=O)Cc1csc(NN=Cc2ccc(N(CC)CC)cc2OCC)n1. The molecular formula is C20H28N4O3S. The van der Waals surface area contributed by atoms with Gasteiger partial charge >= 0.3 is 5.97 Å². The number of ether oxygens (including phenoxy) is 2. The summed E-state index contributed by atoms with van der Waals surface area (Å²) in [6.07, 6.45) is 1.88. The zero-order chi connectivity index (χ0) is 20.4. The fourth-order valence-electron chi connectivity index (χ4n) is 2.65. The molecule has 2 rings (SSSR count). The van der Waals surface area contributed by atoms with Crippen molar-refractivity contribution in [2.45, 2.75) is 34.1 Å². The van der Waals surface area contributed by atoms with E-state index in [0.717, 1.165) is 30.1 Å². The molecule has 0 spiro atoms. The van der Waals surface area contributed by atoms with Gasteiger partial charge in [0.05, 0.1) is 31.5 Å². The highest BCUT2D eigenvalue weighted by Gasteiger charge is 2.09. The van der Waals surface area contributed by atoms with Crippen LogP contribution in [0.5, 0.6) is 5.75 Å². The first kappa shape index (κ1) is 21.7. The van der Waals surface area contributed by atoms with Crippen LogP contribution in [0.15, 0.2) is 28.7 Å². The van der Waals surface area contributed by atoms with Crippen LogP contribution in [0.4, 0.5) is 10.8 Å². The zero-order valence-electron chi connectivity index (χ0n) is 16.9. The van der Waals surface area contributed by atoms with E-state index >= 15 is 0 Å². The van der Waals surface area contributed by atoms with E-state index in [-0.39, 0.29) is 12.4 Å². The molecule has 0 fully saturated rings. The van der Waals surface area contributed by atoms with Crippen molar-refractivity contribution in [3.63, 3.8) is 0 Å². The van der Waals surface area contributed by atoms with Gasteiger partial charge < -0.3 is 14.4 Å². The van der Waals surface area contributed by atoms with E-state index in [4.69, 9.17) is 9.47 Å². The van der Waals surface area contributed by atoms with Crippen LogP contribution in [0.3, 0.4) is 0 Å². The normalized spacial score (nSPS) is 10.9. The molecule has 7 nitrogen and oxygen atoms in total. The van der Waals surface area contributed by atoms with Crippen molar-refractivity contribution in [3.8, 4) is 5.75 Å². The summed E-state index contributed by atoms with van der Waals surface area (Å²) in [6, 6.07) is 6.11. The maximum atomic E-state index is 11.5. The van der Waals surface area contributed by atoms with Crippen LogP contribution in [0.25, 0.3) is 0 Å². The van der Waals surface area contributed by atoms with E-state index < -0.39 is 0 Å². The minimum absolute atomic E-state index is 0.164. The monoisotopic (exact) mass is 404 g/mol. The Morgan fingerprint density at radius 1 is 1.25 bits per heavy atom. The summed E-state index contributed by atoms with van der Waals surface area (Å²) in [5.41, 5.74) is 5.58. The van der Waals surface area contributed by atoms with Crippen molar-refractivity contribution in [2.24, 2.45) is 5.10 Å². The highest BCUT2D eigenvalue weighted by molar-refractivity contribution is 7.13. The van der Waals surface area contributed by atoms with E-state index in [1.54, 1.807) is 13.1 Å². The van der Waals surface area contributed by atoms with Gasteiger partial charge in [-0.05, 0) is 39.8 Å². The van der Waals surface area contributed by atoms with E-state index in [0.29, 0.717) is 24.0 Å². The highest BCUT2D eigenvalue weighted by Crippen LogP contribution is 2.25. The number of benzene rings is 1. The Bertz CT molecular complexity index is 788. The van der Waals surface area contributed by atoms with Crippen molar-refractivity contribution < 1.29 is 14.3 Å². The molecule has 1 aromatic heterocycles. The molecule has 0 unspecified atom stereocenters. The van der Waals surface area contributed by atoms with Gasteiger partial charge in [-0.25, -0.2) is 4.98 Å². The average molecular weight is 405 g/mol. The average Bonchev–Trinajstić information content (AvgIpc) is 3.12. The van der Waals surface area contributed by atoms with Gasteiger partial charge in [-0.15, -0.1) is 11.3 Å². The molecule has 0 saturated heterocycles. The van der Waals surface area contributed by atoms with Crippen LogP contribution in [0.1, 0.15) is 39.0 Å². The third-order valence-corrected chi connectivity index (χ3v) is 4.77. The lowest BCUT2D eigenvalue weighted by Crippen LogP contribution is -2.21. The molecule has 0 aliphatic rings. The number of nitrogens with zero attached hydrogens (tertiary/aromatic N) is 3. The fraction of sp³-hybridized carbons (Fsp3) is 0.450. The molecule has 0 bridgehead atoms. The lowest BCUT2D eigenvalue weighted by Gasteiger charge is -2.22. The van der Waals surface area contributed by atoms with Crippen LogP contribution in [-0.4, -0.2) is 43.5 Å². The number of hydrazone groups is 1. The van der Waals surface area contributed by atoms with Gasteiger partial charge in [0, 0.05) is 35.8 Å². The largest absolute Gasteiger partial charge is 0.493 e. The quantitative estimate of drug-likeness (QED) is 0.347. The zero-order valence-corrected chi connectivity index (χ0v) is 17.7. The number of hydrogen-bond acceptors (Lipinski definition) is 8. The third kappa shape index (κ3) is 6.23. The number of esters is 1. The fourth-order valence-corrected chi connectivity index (χ4v) is 3.31. The van der Waals surface area contributed by atoms with E-state index in [1.807, 2.05) is 24.4 Å². The molecule has 0 amide bonds. The van der Waals surface area contributed by atoms with Crippen molar-refractivity contribution in [1.29, 1.82) is 0 Å². The number of thiazole rings is 1. The van der Waals surface area contributed by atoms with Crippen LogP contribution < -0.4 is 15.1 Å². The van der Waals surface area contributed by atoms with E-state index in [1.165, 1.54) is 11.3 Å². The van der Waals surface area contributed by atoms with Gasteiger partial charge in [-0.2, -0.15) is 5.10 Å². The summed E-state index contributed by atoms with van der Waals surface area (Å²) in [7, 11) is 0. The van der Waals surface area contributed by atoms with Gasteiger partial charge in [0.15, 0.2) is 0 Å². The Kier molecular flexibility index (Phi) is 8.74. The number of carbonyl (C=O) groups is 1. The molecule has 8 heteroatoms. The first-order valence-corrected chi connectivity index (χ1v) is 10.4. The van der Waals surface area contributed by atoms with Gasteiger partial charge in [0.2, 0.25) is 5.13 Å². The minimum atomic E-state index is -0.280.